The lowest BCUT2D eigenvalue weighted by Crippen LogP contribution is -2.44. The van der Waals surface area contributed by atoms with E-state index in [0.717, 1.165) is 19.3 Å². The minimum absolute atomic E-state index is 0.290. The number of ether oxygens (including phenoxy) is 3. The Morgan fingerprint density at radius 3 is 1.73 bits per heavy atom. The van der Waals surface area contributed by atoms with Crippen LogP contribution in [0.15, 0.2) is 42.5 Å². The van der Waals surface area contributed by atoms with E-state index in [0.29, 0.717) is 5.92 Å². The lowest BCUT2D eigenvalue weighted by atomic mass is 9.91. The van der Waals surface area contributed by atoms with E-state index in [2.05, 4.69) is 49.4 Å². The van der Waals surface area contributed by atoms with E-state index in [-0.39, 0.29) is 0 Å². The molecule has 1 aliphatic carbocycles. The summed E-state index contributed by atoms with van der Waals surface area (Å²) in [7, 11) is 5.14. The molecule has 0 N–H and O–H groups in total. The first-order valence-corrected chi connectivity index (χ1v) is 16.5. The van der Waals surface area contributed by atoms with Crippen LogP contribution in [0.2, 0.25) is 0 Å². The van der Waals surface area contributed by atoms with Crippen molar-refractivity contribution in [3.8, 4) is 11.1 Å². The molecule has 0 saturated heterocycles. The fourth-order valence-electron chi connectivity index (χ4n) is 6.82. The van der Waals surface area contributed by atoms with Gasteiger partial charge in [0.1, 0.15) is 0 Å². The van der Waals surface area contributed by atoms with E-state index in [9.17, 15) is 0 Å². The van der Waals surface area contributed by atoms with Crippen molar-refractivity contribution >= 4 is 0 Å². The van der Waals surface area contributed by atoms with Gasteiger partial charge in [-0.25, -0.2) is 0 Å². The Morgan fingerprint density at radius 1 is 0.600 bits per heavy atom. The molecule has 2 aromatic carbocycles. The second kappa shape index (κ2) is 18.7. The quantitative estimate of drug-likeness (QED) is 0.0868. The van der Waals surface area contributed by atoms with E-state index in [1.165, 1.54) is 119 Å². The Morgan fingerprint density at radius 2 is 1.12 bits per heavy atom. The maximum atomic E-state index is 5.76. The van der Waals surface area contributed by atoms with Crippen LogP contribution in [0.5, 0.6) is 0 Å². The largest absolute Gasteiger partial charge is 0.331 e. The molecule has 0 heterocycles. The van der Waals surface area contributed by atoms with E-state index in [4.69, 9.17) is 14.2 Å². The zero-order valence-electron chi connectivity index (χ0n) is 26.3. The van der Waals surface area contributed by atoms with Crippen LogP contribution in [-0.2, 0) is 27.1 Å². The third kappa shape index (κ3) is 9.71. The molecule has 1 atom stereocenters. The molecule has 1 unspecified atom stereocenters. The molecule has 1 aliphatic rings. The van der Waals surface area contributed by atoms with Crippen molar-refractivity contribution in [1.82, 2.24) is 0 Å². The van der Waals surface area contributed by atoms with Gasteiger partial charge in [-0.3, -0.25) is 0 Å². The summed E-state index contributed by atoms with van der Waals surface area (Å²) in [5.41, 5.74) is 7.57. The van der Waals surface area contributed by atoms with E-state index in [1.807, 2.05) is 0 Å². The number of hydrogen-bond donors (Lipinski definition) is 0. The molecule has 0 bridgehead atoms. The third-order valence-corrected chi connectivity index (χ3v) is 9.21. The van der Waals surface area contributed by atoms with Crippen molar-refractivity contribution in [2.24, 2.45) is 5.92 Å². The summed E-state index contributed by atoms with van der Waals surface area (Å²) >= 11 is 0. The van der Waals surface area contributed by atoms with Crippen molar-refractivity contribution < 1.29 is 14.2 Å². The molecule has 0 saturated carbocycles. The van der Waals surface area contributed by atoms with Crippen LogP contribution >= 0.6 is 0 Å². The van der Waals surface area contributed by atoms with Crippen molar-refractivity contribution in [1.29, 1.82) is 0 Å². The Balaban J connectivity index is 1.25. The fourth-order valence-corrected chi connectivity index (χ4v) is 6.82. The number of hydrogen-bond acceptors (Lipinski definition) is 3. The summed E-state index contributed by atoms with van der Waals surface area (Å²) in [5, 5.41) is 0. The van der Waals surface area contributed by atoms with Crippen LogP contribution in [0.25, 0.3) is 11.1 Å². The molecular formula is C37H58O3. The number of unbranched alkanes of at least 4 members (excludes halogenated alkanes) is 13. The van der Waals surface area contributed by atoms with E-state index < -0.39 is 5.97 Å². The van der Waals surface area contributed by atoms with Gasteiger partial charge in [0, 0.05) is 27.2 Å². The maximum Gasteiger partial charge on any atom is 0.285 e. The lowest BCUT2D eigenvalue weighted by Gasteiger charge is -2.36. The van der Waals surface area contributed by atoms with Crippen molar-refractivity contribution in [2.45, 2.75) is 135 Å². The van der Waals surface area contributed by atoms with E-state index in [1.54, 1.807) is 32.5 Å². The first-order valence-electron chi connectivity index (χ1n) is 16.5. The Hall–Kier alpha value is -1.68. The molecule has 40 heavy (non-hydrogen) atoms. The molecule has 224 valence electrons. The molecule has 2 aromatic rings. The van der Waals surface area contributed by atoms with Gasteiger partial charge in [0.25, 0.3) is 5.97 Å². The van der Waals surface area contributed by atoms with Crippen molar-refractivity contribution in [2.75, 3.05) is 21.3 Å². The molecular weight excluding hydrogens is 492 g/mol. The average molecular weight is 551 g/mol. The highest BCUT2D eigenvalue weighted by Gasteiger charge is 2.39. The van der Waals surface area contributed by atoms with Gasteiger partial charge in [-0.1, -0.05) is 139 Å². The van der Waals surface area contributed by atoms with E-state index >= 15 is 0 Å². The summed E-state index contributed by atoms with van der Waals surface area (Å²) in [4.78, 5) is 0. The molecule has 0 radical (unpaired) electrons. The molecule has 0 spiro atoms. The standard InChI is InChI=1S/C37H58O3/c1-5-6-7-8-15-18-26-33(37(38-2,39-3)40-4)27-19-16-13-11-9-10-12-14-17-23-31-25-22-29-35-34-28-21-20-24-32(34)30-36(31)35/h20-22,24-25,28-29,33H,5-19,23,26-27,30H2,1-4H3. The molecule has 0 fully saturated rings. The average Bonchev–Trinajstić information content (AvgIpc) is 3.38. The number of rotatable bonds is 23. The zero-order chi connectivity index (χ0) is 28.5. The monoisotopic (exact) mass is 550 g/mol. The number of aryl methyl sites for hydroxylation is 1. The molecule has 3 nitrogen and oxygen atoms in total. The predicted octanol–water partition coefficient (Wildman–Crippen LogP) is 10.7. The lowest BCUT2D eigenvalue weighted by molar-refractivity contribution is -0.380. The van der Waals surface area contributed by atoms with Crippen molar-refractivity contribution in [3.63, 3.8) is 0 Å². The zero-order valence-corrected chi connectivity index (χ0v) is 26.3. The highest BCUT2D eigenvalue weighted by molar-refractivity contribution is 5.77. The van der Waals surface area contributed by atoms with Crippen LogP contribution in [-0.4, -0.2) is 27.3 Å². The Kier molecular flexibility index (Phi) is 15.3. The topological polar surface area (TPSA) is 27.7 Å². The second-order valence-electron chi connectivity index (χ2n) is 12.0. The molecule has 0 aromatic heterocycles. The van der Waals surface area contributed by atoms with Crippen LogP contribution in [0.1, 0.15) is 133 Å². The minimum Gasteiger partial charge on any atom is -0.331 e. The minimum atomic E-state index is -0.896. The summed E-state index contributed by atoms with van der Waals surface area (Å²) in [6.07, 6.45) is 24.4. The van der Waals surface area contributed by atoms with Gasteiger partial charge in [-0.2, -0.15) is 0 Å². The van der Waals surface area contributed by atoms with Crippen LogP contribution < -0.4 is 0 Å². The highest BCUT2D eigenvalue weighted by atomic mass is 16.9. The van der Waals surface area contributed by atoms with Gasteiger partial charge in [0.2, 0.25) is 0 Å². The van der Waals surface area contributed by atoms with Gasteiger partial charge in [0.15, 0.2) is 0 Å². The maximum absolute atomic E-state index is 5.76. The number of benzene rings is 2. The first kappa shape index (κ1) is 32.8. The third-order valence-electron chi connectivity index (χ3n) is 9.21. The van der Waals surface area contributed by atoms with Gasteiger partial charge in [-0.05, 0) is 59.9 Å². The van der Waals surface area contributed by atoms with Crippen LogP contribution in [0.3, 0.4) is 0 Å². The van der Waals surface area contributed by atoms with Gasteiger partial charge in [0.05, 0.1) is 0 Å². The summed E-state index contributed by atoms with van der Waals surface area (Å²) in [6, 6.07) is 15.8. The van der Waals surface area contributed by atoms with Gasteiger partial charge in [-0.15, -0.1) is 0 Å². The van der Waals surface area contributed by atoms with Crippen LogP contribution in [0, 0.1) is 5.92 Å². The summed E-state index contributed by atoms with van der Waals surface area (Å²) in [6.45, 7) is 2.27. The second-order valence-corrected chi connectivity index (χ2v) is 12.0. The first-order chi connectivity index (χ1) is 19.7. The highest BCUT2D eigenvalue weighted by Crippen LogP contribution is 2.38. The SMILES string of the molecule is CCCCCCCCC(CCCCCCCCCCCc1cccc2c1Cc1ccccc1-2)C(OC)(OC)OC. The van der Waals surface area contributed by atoms with Gasteiger partial charge >= 0.3 is 0 Å². The summed E-state index contributed by atoms with van der Waals surface area (Å²) < 4.78 is 17.3. The number of methoxy groups -OCH3 is 3. The van der Waals surface area contributed by atoms with Crippen molar-refractivity contribution in [3.05, 3.63) is 59.2 Å². The Labute approximate surface area is 246 Å². The van der Waals surface area contributed by atoms with Gasteiger partial charge < -0.3 is 14.2 Å². The summed E-state index contributed by atoms with van der Waals surface area (Å²) in [5.74, 6) is -0.605. The smallest absolute Gasteiger partial charge is 0.285 e. The normalized spacial score (nSPS) is 13.4. The molecule has 3 rings (SSSR count). The molecule has 0 amide bonds. The molecule has 0 aliphatic heterocycles. The Bertz CT molecular complexity index is 940. The van der Waals surface area contributed by atoms with Crippen LogP contribution in [0.4, 0.5) is 0 Å². The number of fused-ring (bicyclic) bond motifs is 3. The fraction of sp³-hybridized carbons (Fsp3) is 0.676. The molecule has 3 heteroatoms. The predicted molar refractivity (Wildman–Crippen MR) is 170 cm³/mol.